The SMILES string of the molecule is C#CCOc1cc([N+](=O)[O-])ccc1Br. The first kappa shape index (κ1) is 10.5. The molecule has 1 aromatic carbocycles. The third-order valence-corrected chi connectivity index (χ3v) is 2.09. The summed E-state index contributed by atoms with van der Waals surface area (Å²) in [5.41, 5.74) is -0.0276. The Labute approximate surface area is 89.2 Å². The normalized spacial score (nSPS) is 9.14. The molecule has 0 spiro atoms. The molecule has 0 N–H and O–H groups in total. The van der Waals surface area contributed by atoms with Crippen LogP contribution in [0.25, 0.3) is 0 Å². The third-order valence-electron chi connectivity index (χ3n) is 1.44. The number of hydrogen-bond donors (Lipinski definition) is 0. The van der Waals surface area contributed by atoms with E-state index in [0.29, 0.717) is 10.2 Å². The number of halogens is 1. The lowest BCUT2D eigenvalue weighted by Gasteiger charge is -2.03. The van der Waals surface area contributed by atoms with E-state index in [4.69, 9.17) is 11.2 Å². The Kier molecular flexibility index (Phi) is 3.48. The number of rotatable bonds is 3. The molecule has 14 heavy (non-hydrogen) atoms. The Balaban J connectivity index is 2.97. The zero-order chi connectivity index (χ0) is 10.6. The van der Waals surface area contributed by atoms with E-state index in [2.05, 4.69) is 21.9 Å². The maximum absolute atomic E-state index is 10.4. The first-order chi connectivity index (χ1) is 6.65. The van der Waals surface area contributed by atoms with E-state index in [-0.39, 0.29) is 12.3 Å². The van der Waals surface area contributed by atoms with E-state index in [1.165, 1.54) is 12.1 Å². The van der Waals surface area contributed by atoms with E-state index in [1.807, 2.05) is 0 Å². The van der Waals surface area contributed by atoms with Gasteiger partial charge in [0.25, 0.3) is 5.69 Å². The topological polar surface area (TPSA) is 52.4 Å². The van der Waals surface area contributed by atoms with Crippen LogP contribution in [0.1, 0.15) is 0 Å². The molecule has 0 saturated heterocycles. The van der Waals surface area contributed by atoms with Gasteiger partial charge in [-0.15, -0.1) is 6.42 Å². The summed E-state index contributed by atoms with van der Waals surface area (Å²) in [7, 11) is 0. The summed E-state index contributed by atoms with van der Waals surface area (Å²) in [6.45, 7) is 0.0831. The fourth-order valence-corrected chi connectivity index (χ4v) is 1.20. The van der Waals surface area contributed by atoms with Gasteiger partial charge in [-0.25, -0.2) is 0 Å². The largest absolute Gasteiger partial charge is 0.480 e. The first-order valence-corrected chi connectivity index (χ1v) is 4.44. The van der Waals surface area contributed by atoms with Crippen molar-refractivity contribution in [3.63, 3.8) is 0 Å². The van der Waals surface area contributed by atoms with Crippen LogP contribution in [0.3, 0.4) is 0 Å². The van der Waals surface area contributed by atoms with Crippen molar-refractivity contribution >= 4 is 21.6 Å². The molecule has 4 nitrogen and oxygen atoms in total. The van der Waals surface area contributed by atoms with Gasteiger partial charge in [0.05, 0.1) is 15.5 Å². The molecule has 5 heteroatoms. The van der Waals surface area contributed by atoms with Crippen LogP contribution in [0.2, 0.25) is 0 Å². The van der Waals surface area contributed by atoms with Gasteiger partial charge < -0.3 is 4.74 Å². The molecule has 0 saturated carbocycles. The number of nitrogens with zero attached hydrogens (tertiary/aromatic N) is 1. The van der Waals surface area contributed by atoms with Gasteiger partial charge in [0, 0.05) is 6.07 Å². The summed E-state index contributed by atoms with van der Waals surface area (Å²) in [5.74, 6) is 2.65. The predicted molar refractivity (Wildman–Crippen MR) is 55.1 cm³/mol. The van der Waals surface area contributed by atoms with Gasteiger partial charge >= 0.3 is 0 Å². The third kappa shape index (κ3) is 2.47. The molecule has 0 amide bonds. The number of benzene rings is 1. The van der Waals surface area contributed by atoms with Gasteiger partial charge in [0.15, 0.2) is 0 Å². The fourth-order valence-electron chi connectivity index (χ4n) is 0.836. The second-order valence-electron chi connectivity index (χ2n) is 2.36. The van der Waals surface area contributed by atoms with Crippen LogP contribution < -0.4 is 4.74 Å². The summed E-state index contributed by atoms with van der Waals surface area (Å²) in [5, 5.41) is 10.4. The highest BCUT2D eigenvalue weighted by molar-refractivity contribution is 9.10. The molecule has 1 rings (SSSR count). The standard InChI is InChI=1S/C9H6BrNO3/c1-2-5-14-9-6-7(11(12)13)3-4-8(9)10/h1,3-4,6H,5H2. The number of terminal acetylenes is 1. The Morgan fingerprint density at radius 3 is 2.93 bits per heavy atom. The molecular formula is C9H6BrNO3. The Morgan fingerprint density at radius 2 is 2.36 bits per heavy atom. The van der Waals surface area contributed by atoms with Crippen LogP contribution in [0.15, 0.2) is 22.7 Å². The summed E-state index contributed by atoms with van der Waals surface area (Å²) in [6.07, 6.45) is 5.00. The monoisotopic (exact) mass is 255 g/mol. The Morgan fingerprint density at radius 1 is 1.64 bits per heavy atom. The quantitative estimate of drug-likeness (QED) is 0.474. The van der Waals surface area contributed by atoms with Crippen molar-refractivity contribution in [2.24, 2.45) is 0 Å². The van der Waals surface area contributed by atoms with Crippen molar-refractivity contribution in [2.45, 2.75) is 0 Å². The lowest BCUT2D eigenvalue weighted by molar-refractivity contribution is -0.384. The summed E-state index contributed by atoms with van der Waals surface area (Å²) < 4.78 is 5.73. The summed E-state index contributed by atoms with van der Waals surface area (Å²) in [6, 6.07) is 4.25. The van der Waals surface area contributed by atoms with Gasteiger partial charge in [-0.1, -0.05) is 5.92 Å². The van der Waals surface area contributed by atoms with Gasteiger partial charge in [-0.3, -0.25) is 10.1 Å². The maximum Gasteiger partial charge on any atom is 0.273 e. The van der Waals surface area contributed by atoms with Crippen LogP contribution in [0, 0.1) is 22.5 Å². The van der Waals surface area contributed by atoms with Gasteiger partial charge in [0.2, 0.25) is 0 Å². The van der Waals surface area contributed by atoms with Crippen molar-refractivity contribution in [3.8, 4) is 18.1 Å². The second-order valence-corrected chi connectivity index (χ2v) is 3.22. The number of nitro groups is 1. The van der Waals surface area contributed by atoms with Gasteiger partial charge in [-0.2, -0.15) is 0 Å². The van der Waals surface area contributed by atoms with Crippen molar-refractivity contribution in [1.82, 2.24) is 0 Å². The van der Waals surface area contributed by atoms with Crippen LogP contribution in [-0.2, 0) is 0 Å². The van der Waals surface area contributed by atoms with Crippen molar-refractivity contribution in [2.75, 3.05) is 6.61 Å². The summed E-state index contributed by atoms with van der Waals surface area (Å²) >= 11 is 3.19. The molecule has 0 aliphatic heterocycles. The van der Waals surface area contributed by atoms with Crippen molar-refractivity contribution in [3.05, 3.63) is 32.8 Å². The van der Waals surface area contributed by atoms with Crippen LogP contribution in [0.4, 0.5) is 5.69 Å². The molecule has 0 heterocycles. The highest BCUT2D eigenvalue weighted by atomic mass is 79.9. The highest BCUT2D eigenvalue weighted by Gasteiger charge is 2.09. The van der Waals surface area contributed by atoms with Crippen molar-refractivity contribution < 1.29 is 9.66 Å². The van der Waals surface area contributed by atoms with Crippen LogP contribution >= 0.6 is 15.9 Å². The lowest BCUT2D eigenvalue weighted by atomic mass is 10.3. The molecule has 0 aliphatic carbocycles. The fraction of sp³-hybridized carbons (Fsp3) is 0.111. The first-order valence-electron chi connectivity index (χ1n) is 3.65. The number of hydrogen-bond acceptors (Lipinski definition) is 3. The predicted octanol–water partition coefficient (Wildman–Crippen LogP) is 2.37. The zero-order valence-corrected chi connectivity index (χ0v) is 8.65. The molecule has 1 aromatic rings. The Bertz CT molecular complexity index is 398. The van der Waals surface area contributed by atoms with E-state index in [1.54, 1.807) is 6.07 Å². The minimum atomic E-state index is -0.491. The average molecular weight is 256 g/mol. The smallest absolute Gasteiger partial charge is 0.273 e. The summed E-state index contributed by atoms with van der Waals surface area (Å²) in [4.78, 5) is 9.94. The minimum Gasteiger partial charge on any atom is -0.480 e. The average Bonchev–Trinajstić information content (AvgIpc) is 2.16. The van der Waals surface area contributed by atoms with Crippen LogP contribution in [-0.4, -0.2) is 11.5 Å². The van der Waals surface area contributed by atoms with E-state index in [0.717, 1.165) is 0 Å². The molecule has 0 unspecified atom stereocenters. The molecule has 0 fully saturated rings. The lowest BCUT2D eigenvalue weighted by Crippen LogP contribution is -1.95. The molecule has 0 radical (unpaired) electrons. The van der Waals surface area contributed by atoms with Gasteiger partial charge in [0.1, 0.15) is 12.4 Å². The maximum atomic E-state index is 10.4. The molecule has 0 bridgehead atoms. The molecule has 0 atom stereocenters. The van der Waals surface area contributed by atoms with Crippen molar-refractivity contribution in [1.29, 1.82) is 0 Å². The number of nitro benzene ring substituents is 1. The molecular weight excluding hydrogens is 250 g/mol. The number of non-ortho nitro benzene ring substituents is 1. The molecule has 0 aromatic heterocycles. The minimum absolute atomic E-state index is 0.0276. The van der Waals surface area contributed by atoms with E-state index in [9.17, 15) is 10.1 Å². The Hall–Kier alpha value is -1.54. The van der Waals surface area contributed by atoms with Crippen LogP contribution in [0.5, 0.6) is 5.75 Å². The van der Waals surface area contributed by atoms with Gasteiger partial charge in [-0.05, 0) is 22.0 Å². The number of ether oxygens (including phenoxy) is 1. The molecule has 72 valence electrons. The van der Waals surface area contributed by atoms with E-state index < -0.39 is 4.92 Å². The van der Waals surface area contributed by atoms with E-state index >= 15 is 0 Å². The molecule has 0 aliphatic rings. The zero-order valence-electron chi connectivity index (χ0n) is 7.07. The second kappa shape index (κ2) is 4.63. The highest BCUT2D eigenvalue weighted by Crippen LogP contribution is 2.28.